The molecule has 1 aliphatic rings. The molecule has 5 heteroatoms. The van der Waals surface area contributed by atoms with Gasteiger partial charge in [0.2, 0.25) is 0 Å². The SMILES string of the molecule is NCC(O)c1cccc2nnn(C3CC3)c12. The highest BCUT2D eigenvalue weighted by Gasteiger charge is 2.28. The van der Waals surface area contributed by atoms with Gasteiger partial charge in [-0.05, 0) is 18.9 Å². The number of hydrogen-bond acceptors (Lipinski definition) is 4. The highest BCUT2D eigenvalue weighted by Crippen LogP contribution is 2.37. The zero-order valence-electron chi connectivity index (χ0n) is 8.87. The summed E-state index contributed by atoms with van der Waals surface area (Å²) in [5.74, 6) is 0. The average molecular weight is 218 g/mol. The van der Waals surface area contributed by atoms with Crippen LogP contribution in [0.25, 0.3) is 11.0 Å². The van der Waals surface area contributed by atoms with Crippen LogP contribution in [-0.4, -0.2) is 26.6 Å². The van der Waals surface area contributed by atoms with E-state index in [0.717, 1.165) is 29.4 Å². The average Bonchev–Trinajstić information content (AvgIpc) is 3.07. The van der Waals surface area contributed by atoms with Crippen LogP contribution in [0, 0.1) is 0 Å². The molecule has 1 aliphatic carbocycles. The summed E-state index contributed by atoms with van der Waals surface area (Å²) in [5.41, 5.74) is 8.10. The quantitative estimate of drug-likeness (QED) is 0.797. The third-order valence-corrected chi connectivity index (χ3v) is 3.00. The Hall–Kier alpha value is -1.46. The predicted molar refractivity (Wildman–Crippen MR) is 59.8 cm³/mol. The first-order valence-electron chi connectivity index (χ1n) is 5.53. The minimum atomic E-state index is -0.639. The maximum Gasteiger partial charge on any atom is 0.113 e. The number of aliphatic hydroxyl groups is 1. The van der Waals surface area contributed by atoms with E-state index in [1.54, 1.807) is 0 Å². The van der Waals surface area contributed by atoms with Crippen molar-refractivity contribution in [3.8, 4) is 0 Å². The molecule has 0 radical (unpaired) electrons. The third-order valence-electron chi connectivity index (χ3n) is 3.00. The Morgan fingerprint density at radius 1 is 1.50 bits per heavy atom. The van der Waals surface area contributed by atoms with Crippen molar-refractivity contribution in [3.63, 3.8) is 0 Å². The summed E-state index contributed by atoms with van der Waals surface area (Å²) in [6.07, 6.45) is 1.65. The molecule has 3 N–H and O–H groups in total. The number of para-hydroxylation sites is 1. The second-order valence-electron chi connectivity index (χ2n) is 4.23. The summed E-state index contributed by atoms with van der Waals surface area (Å²) < 4.78 is 1.92. The molecule has 1 saturated carbocycles. The number of aromatic nitrogens is 3. The van der Waals surface area contributed by atoms with Gasteiger partial charge in [-0.25, -0.2) is 4.68 Å². The maximum atomic E-state index is 9.88. The summed E-state index contributed by atoms with van der Waals surface area (Å²) in [4.78, 5) is 0. The highest BCUT2D eigenvalue weighted by atomic mass is 16.3. The first-order chi connectivity index (χ1) is 7.81. The lowest BCUT2D eigenvalue weighted by Crippen LogP contribution is -2.13. The van der Waals surface area contributed by atoms with E-state index >= 15 is 0 Å². The number of nitrogens with zero attached hydrogens (tertiary/aromatic N) is 3. The normalized spacial score (nSPS) is 17.9. The minimum absolute atomic E-state index is 0.217. The lowest BCUT2D eigenvalue weighted by molar-refractivity contribution is 0.188. The van der Waals surface area contributed by atoms with Crippen molar-refractivity contribution in [1.82, 2.24) is 15.0 Å². The zero-order valence-corrected chi connectivity index (χ0v) is 8.87. The molecule has 1 heterocycles. The van der Waals surface area contributed by atoms with Gasteiger partial charge in [-0.3, -0.25) is 0 Å². The first kappa shape index (κ1) is 9.74. The van der Waals surface area contributed by atoms with Crippen LogP contribution >= 0.6 is 0 Å². The maximum absolute atomic E-state index is 9.88. The topological polar surface area (TPSA) is 77.0 Å². The standard InChI is InChI=1S/C11H14N4O/c12-6-10(16)8-2-1-3-9-11(8)15(14-13-9)7-4-5-7/h1-3,7,10,16H,4-6,12H2. The Morgan fingerprint density at radius 3 is 3.00 bits per heavy atom. The van der Waals surface area contributed by atoms with E-state index in [1.165, 1.54) is 0 Å². The van der Waals surface area contributed by atoms with Gasteiger partial charge in [0.1, 0.15) is 5.52 Å². The van der Waals surface area contributed by atoms with E-state index < -0.39 is 6.10 Å². The van der Waals surface area contributed by atoms with Gasteiger partial charge in [-0.2, -0.15) is 0 Å². The van der Waals surface area contributed by atoms with Gasteiger partial charge in [0.15, 0.2) is 0 Å². The number of rotatable bonds is 3. The molecule has 5 nitrogen and oxygen atoms in total. The molecule has 1 unspecified atom stereocenters. The van der Waals surface area contributed by atoms with Crippen LogP contribution in [0.15, 0.2) is 18.2 Å². The summed E-state index contributed by atoms with van der Waals surface area (Å²) >= 11 is 0. The molecule has 0 saturated heterocycles. The van der Waals surface area contributed by atoms with Crippen molar-refractivity contribution in [2.75, 3.05) is 6.54 Å². The smallest absolute Gasteiger partial charge is 0.113 e. The largest absolute Gasteiger partial charge is 0.387 e. The number of fused-ring (bicyclic) bond motifs is 1. The van der Waals surface area contributed by atoms with Crippen molar-refractivity contribution in [3.05, 3.63) is 23.8 Å². The monoisotopic (exact) mass is 218 g/mol. The Labute approximate surface area is 92.9 Å². The second kappa shape index (κ2) is 3.54. The Bertz CT molecular complexity index is 518. The van der Waals surface area contributed by atoms with E-state index in [-0.39, 0.29) is 6.54 Å². The van der Waals surface area contributed by atoms with Crippen LogP contribution in [-0.2, 0) is 0 Å². The van der Waals surface area contributed by atoms with Gasteiger partial charge in [0, 0.05) is 12.1 Å². The molecule has 0 bridgehead atoms. The summed E-state index contributed by atoms with van der Waals surface area (Å²) in [6, 6.07) is 6.13. The summed E-state index contributed by atoms with van der Waals surface area (Å²) in [7, 11) is 0. The van der Waals surface area contributed by atoms with Gasteiger partial charge in [-0.15, -0.1) is 5.10 Å². The molecular formula is C11H14N4O. The lowest BCUT2D eigenvalue weighted by atomic mass is 10.1. The summed E-state index contributed by atoms with van der Waals surface area (Å²) in [5, 5.41) is 18.1. The fourth-order valence-corrected chi connectivity index (χ4v) is 1.99. The van der Waals surface area contributed by atoms with Crippen LogP contribution in [0.4, 0.5) is 0 Å². The van der Waals surface area contributed by atoms with E-state index in [0.29, 0.717) is 6.04 Å². The van der Waals surface area contributed by atoms with Gasteiger partial charge in [0.05, 0.1) is 17.7 Å². The van der Waals surface area contributed by atoms with Crippen molar-refractivity contribution < 1.29 is 5.11 Å². The van der Waals surface area contributed by atoms with Crippen molar-refractivity contribution in [2.45, 2.75) is 25.0 Å². The Balaban J connectivity index is 2.21. The highest BCUT2D eigenvalue weighted by molar-refractivity contribution is 5.78. The molecule has 0 amide bonds. The van der Waals surface area contributed by atoms with Gasteiger partial charge >= 0.3 is 0 Å². The number of hydrogen-bond donors (Lipinski definition) is 2. The molecule has 0 aliphatic heterocycles. The molecule has 1 fully saturated rings. The minimum Gasteiger partial charge on any atom is -0.387 e. The van der Waals surface area contributed by atoms with Crippen LogP contribution in [0.1, 0.15) is 30.6 Å². The molecule has 2 aromatic rings. The lowest BCUT2D eigenvalue weighted by Gasteiger charge is -2.10. The number of nitrogens with two attached hydrogens (primary N) is 1. The molecule has 1 atom stereocenters. The first-order valence-corrected chi connectivity index (χ1v) is 5.53. The third kappa shape index (κ3) is 1.40. The van der Waals surface area contributed by atoms with Crippen molar-refractivity contribution in [2.24, 2.45) is 5.73 Å². The molecule has 0 spiro atoms. The van der Waals surface area contributed by atoms with Crippen LogP contribution in [0.5, 0.6) is 0 Å². The van der Waals surface area contributed by atoms with Crippen molar-refractivity contribution in [1.29, 1.82) is 0 Å². The van der Waals surface area contributed by atoms with Gasteiger partial charge in [0.25, 0.3) is 0 Å². The second-order valence-corrected chi connectivity index (χ2v) is 4.23. The van der Waals surface area contributed by atoms with E-state index in [4.69, 9.17) is 5.73 Å². The molecular weight excluding hydrogens is 204 g/mol. The molecule has 1 aromatic carbocycles. The predicted octanol–water partition coefficient (Wildman–Crippen LogP) is 0.758. The summed E-state index contributed by atoms with van der Waals surface area (Å²) in [6.45, 7) is 0.217. The van der Waals surface area contributed by atoms with Gasteiger partial charge in [-0.1, -0.05) is 17.3 Å². The molecule has 84 valence electrons. The number of aliphatic hydroxyl groups excluding tert-OH is 1. The zero-order chi connectivity index (χ0) is 11.1. The number of benzene rings is 1. The Morgan fingerprint density at radius 2 is 2.31 bits per heavy atom. The fraction of sp³-hybridized carbons (Fsp3) is 0.455. The molecule has 3 rings (SSSR count). The van der Waals surface area contributed by atoms with Crippen LogP contribution < -0.4 is 5.73 Å². The van der Waals surface area contributed by atoms with Crippen LogP contribution in [0.3, 0.4) is 0 Å². The van der Waals surface area contributed by atoms with Gasteiger partial charge < -0.3 is 10.8 Å². The van der Waals surface area contributed by atoms with E-state index in [9.17, 15) is 5.11 Å². The molecule has 16 heavy (non-hydrogen) atoms. The Kier molecular flexibility index (Phi) is 2.15. The van der Waals surface area contributed by atoms with E-state index in [2.05, 4.69) is 10.3 Å². The fourth-order valence-electron chi connectivity index (χ4n) is 1.99. The van der Waals surface area contributed by atoms with Crippen LogP contribution in [0.2, 0.25) is 0 Å². The van der Waals surface area contributed by atoms with Crippen molar-refractivity contribution >= 4 is 11.0 Å². The van der Waals surface area contributed by atoms with E-state index in [1.807, 2.05) is 22.9 Å². The molecule has 1 aromatic heterocycles.